The van der Waals surface area contributed by atoms with Crippen LogP contribution in [0.3, 0.4) is 0 Å². The summed E-state index contributed by atoms with van der Waals surface area (Å²) < 4.78 is 16.2. The summed E-state index contributed by atoms with van der Waals surface area (Å²) in [5, 5.41) is 9.19. The molecule has 0 radical (unpaired) electrons. The van der Waals surface area contributed by atoms with Gasteiger partial charge >= 0.3 is 0 Å². The number of hydrogen-bond donors (Lipinski definition) is 0. The lowest BCUT2D eigenvalue weighted by molar-refractivity contribution is 0.401. The van der Waals surface area contributed by atoms with Gasteiger partial charge in [0, 0.05) is 29.1 Å². The number of halogens is 1. The zero-order valence-corrected chi connectivity index (χ0v) is 17.4. The largest absolute Gasteiger partial charge is 0.325 e. The molecule has 1 fully saturated rings. The van der Waals surface area contributed by atoms with E-state index in [1.165, 1.54) is 30.9 Å². The molecule has 2 aromatic heterocycles. The molecule has 31 heavy (non-hydrogen) atoms. The first-order valence-electron chi connectivity index (χ1n) is 10.9. The maximum atomic E-state index is 14.3. The quantitative estimate of drug-likeness (QED) is 0.415. The minimum Gasteiger partial charge on any atom is -0.325 e. The fourth-order valence-corrected chi connectivity index (χ4v) is 4.64. The molecule has 6 rings (SSSR count). The van der Waals surface area contributed by atoms with Crippen LogP contribution in [0.5, 0.6) is 0 Å². The van der Waals surface area contributed by atoms with E-state index >= 15 is 0 Å². The Balaban J connectivity index is 1.54. The molecule has 1 saturated carbocycles. The summed E-state index contributed by atoms with van der Waals surface area (Å²) in [7, 11) is 0. The number of benzene rings is 2. The van der Waals surface area contributed by atoms with Crippen molar-refractivity contribution in [2.45, 2.75) is 39.0 Å². The first kappa shape index (κ1) is 18.3. The van der Waals surface area contributed by atoms with E-state index in [0.29, 0.717) is 11.7 Å². The average Bonchev–Trinajstić information content (AvgIpc) is 3.12. The van der Waals surface area contributed by atoms with Gasteiger partial charge in [-0.15, -0.1) is 10.2 Å². The molecule has 0 bridgehead atoms. The SMILES string of the molecule is Cc1nnc2nc(N3CCCc4c(C#CC5CCC5)cccc43)c3cc(F)ccc3n12. The lowest BCUT2D eigenvalue weighted by Crippen LogP contribution is -2.26. The number of aryl methyl sites for hydroxylation is 1. The third-order valence-electron chi connectivity index (χ3n) is 6.48. The molecule has 0 unspecified atom stereocenters. The molecule has 0 saturated heterocycles. The molecule has 0 atom stereocenters. The second-order valence-corrected chi connectivity index (χ2v) is 8.44. The van der Waals surface area contributed by atoms with Gasteiger partial charge in [0.25, 0.3) is 5.78 Å². The normalized spacial score (nSPS) is 16.1. The third-order valence-corrected chi connectivity index (χ3v) is 6.48. The van der Waals surface area contributed by atoms with Gasteiger partial charge in [-0.05, 0) is 68.5 Å². The molecule has 5 nitrogen and oxygen atoms in total. The standard InChI is InChI=1S/C25H22FN5/c1-16-28-29-25-27-24(21-15-19(26)12-13-23(21)31(16)25)30-14-4-8-20-18(7-3-9-22(20)30)11-10-17-5-2-6-17/h3,7,9,12-13,15,17H,2,4-6,8,14H2,1H3. The third kappa shape index (κ3) is 2.96. The smallest absolute Gasteiger partial charge is 0.257 e. The summed E-state index contributed by atoms with van der Waals surface area (Å²) in [6, 6.07) is 11.1. The number of aromatic nitrogens is 4. The van der Waals surface area contributed by atoms with Crippen LogP contribution in [0.15, 0.2) is 36.4 Å². The summed E-state index contributed by atoms with van der Waals surface area (Å²) in [6.07, 6.45) is 5.70. The number of rotatable bonds is 1. The molecule has 6 heteroatoms. The van der Waals surface area contributed by atoms with Crippen molar-refractivity contribution in [1.29, 1.82) is 0 Å². The van der Waals surface area contributed by atoms with Gasteiger partial charge in [-0.2, -0.15) is 4.98 Å². The van der Waals surface area contributed by atoms with E-state index in [0.717, 1.165) is 53.2 Å². The highest BCUT2D eigenvalue weighted by atomic mass is 19.1. The number of nitrogens with zero attached hydrogens (tertiary/aromatic N) is 5. The monoisotopic (exact) mass is 411 g/mol. The van der Waals surface area contributed by atoms with Gasteiger partial charge in [-0.25, -0.2) is 4.39 Å². The molecular formula is C25H22FN5. The number of anilines is 2. The van der Waals surface area contributed by atoms with E-state index in [1.54, 1.807) is 12.1 Å². The van der Waals surface area contributed by atoms with Gasteiger partial charge in [0.1, 0.15) is 17.5 Å². The topological polar surface area (TPSA) is 46.3 Å². The van der Waals surface area contributed by atoms with Crippen LogP contribution in [-0.2, 0) is 6.42 Å². The number of fused-ring (bicyclic) bond motifs is 4. The Labute approximate surface area is 179 Å². The van der Waals surface area contributed by atoms with Crippen LogP contribution in [0.25, 0.3) is 16.7 Å². The zero-order valence-electron chi connectivity index (χ0n) is 17.4. The highest BCUT2D eigenvalue weighted by Crippen LogP contribution is 2.38. The molecular weight excluding hydrogens is 389 g/mol. The van der Waals surface area contributed by atoms with Crippen LogP contribution in [0, 0.1) is 30.5 Å². The second kappa shape index (κ2) is 7.05. The van der Waals surface area contributed by atoms with E-state index in [9.17, 15) is 4.39 Å². The maximum Gasteiger partial charge on any atom is 0.257 e. The fraction of sp³-hybridized carbons (Fsp3) is 0.320. The Bertz CT molecular complexity index is 1390. The Hall–Kier alpha value is -3.46. The fourth-order valence-electron chi connectivity index (χ4n) is 4.64. The minimum atomic E-state index is -0.280. The second-order valence-electron chi connectivity index (χ2n) is 8.44. The molecule has 2 aliphatic rings. The molecule has 0 spiro atoms. The summed E-state index contributed by atoms with van der Waals surface area (Å²) >= 11 is 0. The zero-order chi connectivity index (χ0) is 20.9. The summed E-state index contributed by atoms with van der Waals surface area (Å²) in [4.78, 5) is 7.02. The maximum absolute atomic E-state index is 14.3. The lowest BCUT2D eigenvalue weighted by atomic mass is 9.85. The Morgan fingerprint density at radius 1 is 1.10 bits per heavy atom. The van der Waals surface area contributed by atoms with Crippen LogP contribution in [-0.4, -0.2) is 26.1 Å². The predicted octanol–water partition coefficient (Wildman–Crippen LogP) is 4.96. The first-order valence-corrected chi connectivity index (χ1v) is 10.9. The van der Waals surface area contributed by atoms with Gasteiger partial charge in [0.05, 0.1) is 5.52 Å². The van der Waals surface area contributed by atoms with Crippen LogP contribution in [0.1, 0.15) is 42.6 Å². The Kier molecular flexibility index (Phi) is 4.17. The predicted molar refractivity (Wildman–Crippen MR) is 119 cm³/mol. The molecule has 4 aromatic rings. The van der Waals surface area contributed by atoms with Crippen molar-refractivity contribution in [3.63, 3.8) is 0 Å². The van der Waals surface area contributed by atoms with Gasteiger partial charge in [0.2, 0.25) is 0 Å². The van der Waals surface area contributed by atoms with Gasteiger partial charge in [-0.3, -0.25) is 4.40 Å². The summed E-state index contributed by atoms with van der Waals surface area (Å²) in [5.41, 5.74) is 4.32. The van der Waals surface area contributed by atoms with Crippen molar-refractivity contribution in [3.05, 3.63) is 59.2 Å². The highest BCUT2D eigenvalue weighted by molar-refractivity contribution is 5.94. The van der Waals surface area contributed by atoms with Gasteiger partial charge in [-0.1, -0.05) is 24.3 Å². The minimum absolute atomic E-state index is 0.280. The lowest BCUT2D eigenvalue weighted by Gasteiger charge is -2.32. The summed E-state index contributed by atoms with van der Waals surface area (Å²) in [5.74, 6) is 9.14. The molecule has 2 aromatic carbocycles. The van der Waals surface area contributed by atoms with Crippen molar-refractivity contribution >= 4 is 28.2 Å². The highest BCUT2D eigenvalue weighted by Gasteiger charge is 2.25. The van der Waals surface area contributed by atoms with E-state index in [-0.39, 0.29) is 5.82 Å². The first-order chi connectivity index (χ1) is 15.2. The van der Waals surface area contributed by atoms with Crippen LogP contribution >= 0.6 is 0 Å². The van der Waals surface area contributed by atoms with Crippen LogP contribution in [0.4, 0.5) is 15.9 Å². The molecule has 1 aliphatic heterocycles. The van der Waals surface area contributed by atoms with E-state index in [2.05, 4.69) is 45.1 Å². The van der Waals surface area contributed by atoms with Crippen LogP contribution in [0.2, 0.25) is 0 Å². The van der Waals surface area contributed by atoms with E-state index in [4.69, 9.17) is 4.98 Å². The molecule has 3 heterocycles. The van der Waals surface area contributed by atoms with Crippen LogP contribution < -0.4 is 4.90 Å². The molecule has 0 amide bonds. The van der Waals surface area contributed by atoms with Gasteiger partial charge in [0.15, 0.2) is 0 Å². The van der Waals surface area contributed by atoms with Crippen molar-refractivity contribution < 1.29 is 4.39 Å². The Morgan fingerprint density at radius 3 is 2.84 bits per heavy atom. The van der Waals surface area contributed by atoms with Crippen molar-refractivity contribution in [2.75, 3.05) is 11.4 Å². The molecule has 154 valence electrons. The number of hydrogen-bond acceptors (Lipinski definition) is 4. The Morgan fingerprint density at radius 2 is 2.00 bits per heavy atom. The van der Waals surface area contributed by atoms with E-state index in [1.807, 2.05) is 11.3 Å². The average molecular weight is 411 g/mol. The summed E-state index contributed by atoms with van der Waals surface area (Å²) in [6.45, 7) is 2.70. The molecule has 1 aliphatic carbocycles. The van der Waals surface area contributed by atoms with E-state index < -0.39 is 0 Å². The van der Waals surface area contributed by atoms with Crippen molar-refractivity contribution in [2.24, 2.45) is 5.92 Å². The van der Waals surface area contributed by atoms with Gasteiger partial charge < -0.3 is 4.90 Å². The van der Waals surface area contributed by atoms with Crippen molar-refractivity contribution in [3.8, 4) is 11.8 Å². The molecule has 0 N–H and O–H groups in total. The van der Waals surface area contributed by atoms with Crippen molar-refractivity contribution in [1.82, 2.24) is 19.6 Å².